The summed E-state index contributed by atoms with van der Waals surface area (Å²) in [5.74, 6) is 1.28. The van der Waals surface area contributed by atoms with Gasteiger partial charge in [0, 0.05) is 75.3 Å². The summed E-state index contributed by atoms with van der Waals surface area (Å²) in [5.41, 5.74) is 1.80. The van der Waals surface area contributed by atoms with Gasteiger partial charge in [-0.05, 0) is 18.6 Å². The first-order valence-corrected chi connectivity index (χ1v) is 10.7. The van der Waals surface area contributed by atoms with Crippen molar-refractivity contribution in [2.75, 3.05) is 20.1 Å². The van der Waals surface area contributed by atoms with Crippen LogP contribution >= 0.6 is 0 Å². The maximum Gasteiger partial charge on any atom is 0.251 e. The summed E-state index contributed by atoms with van der Waals surface area (Å²) in [5, 5.41) is 0. The molecule has 2 bridgehead atoms. The van der Waals surface area contributed by atoms with Crippen molar-refractivity contribution in [2.45, 2.75) is 31.5 Å². The topological polar surface area (TPSA) is 76.5 Å². The molecule has 3 aromatic rings. The number of hydrogen-bond donors (Lipinski definition) is 0. The van der Waals surface area contributed by atoms with Gasteiger partial charge in [0.05, 0.1) is 19.1 Å². The lowest BCUT2D eigenvalue weighted by Gasteiger charge is -2.46. The summed E-state index contributed by atoms with van der Waals surface area (Å²) in [6.45, 7) is 2.81. The molecule has 1 amide bonds. The zero-order valence-electron chi connectivity index (χ0n) is 17.8. The Balaban J connectivity index is 1.46. The highest BCUT2D eigenvalue weighted by atomic mass is 16.3. The van der Waals surface area contributed by atoms with Gasteiger partial charge in [0.1, 0.15) is 11.9 Å². The number of rotatable bonds is 5. The number of aromatic nitrogens is 3. The molecule has 2 aliphatic heterocycles. The summed E-state index contributed by atoms with van der Waals surface area (Å²) in [4.78, 5) is 35.0. The van der Waals surface area contributed by atoms with Gasteiger partial charge in [0.15, 0.2) is 0 Å². The van der Waals surface area contributed by atoms with E-state index in [1.807, 2.05) is 42.2 Å². The summed E-state index contributed by atoms with van der Waals surface area (Å²) < 4.78 is 8.93. The average Bonchev–Trinajstić information content (AvgIpc) is 3.40. The van der Waals surface area contributed by atoms with E-state index < -0.39 is 6.04 Å². The fraction of sp³-hybridized carbons (Fsp3) is 0.435. The van der Waals surface area contributed by atoms with Gasteiger partial charge >= 0.3 is 0 Å². The Labute approximate surface area is 180 Å². The van der Waals surface area contributed by atoms with Crippen LogP contribution < -0.4 is 5.56 Å². The smallest absolute Gasteiger partial charge is 0.251 e. The molecule has 1 saturated heterocycles. The number of piperidine rings is 1. The van der Waals surface area contributed by atoms with Gasteiger partial charge in [-0.15, -0.1) is 0 Å². The number of amides is 1. The van der Waals surface area contributed by atoms with Gasteiger partial charge in [-0.1, -0.05) is 6.07 Å². The van der Waals surface area contributed by atoms with Crippen molar-refractivity contribution in [3.05, 3.63) is 76.6 Å². The van der Waals surface area contributed by atoms with Gasteiger partial charge in [-0.3, -0.25) is 19.1 Å². The number of likely N-dealkylation sites (N-methyl/N-ethyl adjacent to an activating group) is 1. The lowest BCUT2D eigenvalue weighted by Crippen LogP contribution is -2.53. The van der Waals surface area contributed by atoms with E-state index in [4.69, 9.17) is 4.42 Å². The molecule has 0 unspecified atom stereocenters. The normalized spacial score (nSPS) is 22.8. The average molecular weight is 422 g/mol. The van der Waals surface area contributed by atoms with Crippen LogP contribution in [0, 0.1) is 5.92 Å². The minimum absolute atomic E-state index is 0.0296. The summed E-state index contributed by atoms with van der Waals surface area (Å²) >= 11 is 0. The van der Waals surface area contributed by atoms with Crippen LogP contribution in [0.3, 0.4) is 0 Å². The van der Waals surface area contributed by atoms with Crippen molar-refractivity contribution in [1.29, 1.82) is 0 Å². The predicted octanol–water partition coefficient (Wildman–Crippen LogP) is 1.99. The first-order valence-electron chi connectivity index (χ1n) is 10.7. The number of imidazole rings is 1. The monoisotopic (exact) mass is 421 g/mol. The molecule has 3 atom stereocenters. The third-order valence-electron chi connectivity index (χ3n) is 6.64. The molecule has 2 aliphatic rings. The van der Waals surface area contributed by atoms with Crippen molar-refractivity contribution in [3.8, 4) is 0 Å². The number of likely N-dealkylation sites (tertiary alicyclic amines) is 1. The molecule has 0 aliphatic carbocycles. The molecule has 0 saturated carbocycles. The molecule has 5 heterocycles. The largest absolute Gasteiger partial charge is 0.472 e. The van der Waals surface area contributed by atoms with Crippen LogP contribution in [0.25, 0.3) is 0 Å². The van der Waals surface area contributed by atoms with Gasteiger partial charge in [-0.25, -0.2) is 4.98 Å². The van der Waals surface area contributed by atoms with Crippen LogP contribution in [0.15, 0.2) is 58.4 Å². The minimum Gasteiger partial charge on any atom is -0.472 e. The second-order valence-corrected chi connectivity index (χ2v) is 8.77. The Morgan fingerprint density at radius 2 is 2.16 bits per heavy atom. The Bertz CT molecular complexity index is 1130. The number of furan rings is 1. The van der Waals surface area contributed by atoms with E-state index in [0.29, 0.717) is 6.54 Å². The molecule has 8 nitrogen and oxygen atoms in total. The van der Waals surface area contributed by atoms with Crippen molar-refractivity contribution in [1.82, 2.24) is 23.9 Å². The molecule has 0 N–H and O–H groups in total. The second kappa shape index (κ2) is 7.85. The molecule has 162 valence electrons. The van der Waals surface area contributed by atoms with E-state index in [1.54, 1.807) is 35.1 Å². The molecule has 1 fully saturated rings. The first-order chi connectivity index (χ1) is 15.0. The van der Waals surface area contributed by atoms with Gasteiger partial charge in [0.25, 0.3) is 5.56 Å². The van der Waals surface area contributed by atoms with E-state index in [1.165, 1.54) is 0 Å². The maximum absolute atomic E-state index is 13.6. The molecule has 0 aromatic carbocycles. The molecular weight excluding hydrogens is 394 g/mol. The third-order valence-corrected chi connectivity index (χ3v) is 6.64. The fourth-order valence-corrected chi connectivity index (χ4v) is 5.18. The van der Waals surface area contributed by atoms with E-state index in [0.717, 1.165) is 43.1 Å². The van der Waals surface area contributed by atoms with Gasteiger partial charge in [-0.2, -0.15) is 0 Å². The van der Waals surface area contributed by atoms with E-state index >= 15 is 0 Å². The number of carbonyl (C=O) groups is 1. The van der Waals surface area contributed by atoms with E-state index in [9.17, 15) is 9.59 Å². The maximum atomic E-state index is 13.6. The SMILES string of the molecule is CN(Cc1ccoc1)C(=O)[C@H]1[C@@H]2C[C@@H](CN(Cc3nccn3C)C2)c2cccc(=O)n21. The number of hydrogen-bond acceptors (Lipinski definition) is 5. The standard InChI is InChI=1S/C23H27N5O3/c1-25-8-7-24-20(25)14-27-12-17-10-18(13-27)22(28-19(17)4-3-5-21(28)29)23(30)26(2)11-16-6-9-31-15-16/h3-9,15,17-18,22H,10-14H2,1-2H3/t17-,18+,22+/m0/s1. The quantitative estimate of drug-likeness (QED) is 0.630. The molecule has 31 heavy (non-hydrogen) atoms. The van der Waals surface area contributed by atoms with Crippen molar-refractivity contribution in [3.63, 3.8) is 0 Å². The van der Waals surface area contributed by atoms with Crippen LogP contribution in [0.5, 0.6) is 0 Å². The van der Waals surface area contributed by atoms with Crippen LogP contribution in [-0.2, 0) is 24.9 Å². The second-order valence-electron chi connectivity index (χ2n) is 8.77. The zero-order valence-corrected chi connectivity index (χ0v) is 17.8. The highest BCUT2D eigenvalue weighted by molar-refractivity contribution is 5.81. The highest BCUT2D eigenvalue weighted by Gasteiger charge is 2.44. The summed E-state index contributed by atoms with van der Waals surface area (Å²) in [6.07, 6.45) is 7.93. The zero-order chi connectivity index (χ0) is 21.5. The van der Waals surface area contributed by atoms with Crippen LogP contribution in [0.4, 0.5) is 0 Å². The third kappa shape index (κ3) is 3.61. The van der Waals surface area contributed by atoms with E-state index in [2.05, 4.69) is 9.88 Å². The number of carbonyl (C=O) groups excluding carboxylic acids is 1. The summed E-state index contributed by atoms with van der Waals surface area (Å²) in [6, 6.07) is 6.73. The van der Waals surface area contributed by atoms with E-state index in [-0.39, 0.29) is 23.3 Å². The Morgan fingerprint density at radius 1 is 1.29 bits per heavy atom. The van der Waals surface area contributed by atoms with Gasteiger partial charge in [0.2, 0.25) is 5.91 Å². The van der Waals surface area contributed by atoms with Crippen LogP contribution in [0.1, 0.15) is 35.5 Å². The first kappa shape index (κ1) is 19.8. The van der Waals surface area contributed by atoms with Crippen LogP contribution in [-0.4, -0.2) is 50.0 Å². The predicted molar refractivity (Wildman–Crippen MR) is 114 cm³/mol. The highest BCUT2D eigenvalue weighted by Crippen LogP contribution is 2.42. The molecule has 3 aromatic heterocycles. The fourth-order valence-electron chi connectivity index (χ4n) is 5.18. The molecule has 0 spiro atoms. The molecule has 8 heteroatoms. The van der Waals surface area contributed by atoms with Gasteiger partial charge < -0.3 is 13.9 Å². The Morgan fingerprint density at radius 3 is 2.90 bits per heavy atom. The number of fused-ring (bicyclic) bond motifs is 4. The molecular formula is C23H27N5O3. The minimum atomic E-state index is -0.499. The van der Waals surface area contributed by atoms with Crippen LogP contribution in [0.2, 0.25) is 0 Å². The lowest BCUT2D eigenvalue weighted by atomic mass is 9.78. The van der Waals surface area contributed by atoms with Crippen molar-refractivity contribution < 1.29 is 9.21 Å². The number of pyridine rings is 1. The lowest BCUT2D eigenvalue weighted by molar-refractivity contribution is -0.137. The molecule has 5 rings (SSSR count). The Kier molecular flexibility index (Phi) is 5.02. The number of nitrogens with zero attached hydrogens (tertiary/aromatic N) is 5. The summed E-state index contributed by atoms with van der Waals surface area (Å²) in [7, 11) is 3.79. The Hall–Kier alpha value is -3.13. The molecule has 0 radical (unpaired) electrons. The van der Waals surface area contributed by atoms with Crippen molar-refractivity contribution >= 4 is 5.91 Å². The number of aryl methyl sites for hydroxylation is 1. The van der Waals surface area contributed by atoms with Crippen molar-refractivity contribution in [2.24, 2.45) is 13.0 Å².